The second-order valence-electron chi connectivity index (χ2n) is 36.0. The highest BCUT2D eigenvalue weighted by atomic mass is 16.5. The van der Waals surface area contributed by atoms with Crippen LogP contribution >= 0.6 is 0 Å². The Kier molecular flexibility index (Phi) is 57.9. The van der Waals surface area contributed by atoms with Crippen LogP contribution in [-0.2, 0) is 118 Å². The first-order chi connectivity index (χ1) is 69.4. The number of aliphatic carboxylic acids is 3. The summed E-state index contributed by atoms with van der Waals surface area (Å²) in [5.74, 6) is -19.6. The highest BCUT2D eigenvalue weighted by molar-refractivity contribution is 6.01. The van der Waals surface area contributed by atoms with Gasteiger partial charge >= 0.3 is 17.9 Å². The van der Waals surface area contributed by atoms with Gasteiger partial charge in [-0.1, -0.05) is 133 Å². The zero-order chi connectivity index (χ0) is 107. The number of nitrogens with zero attached hydrogens (tertiary/aromatic N) is 2. The molecular formula is C96H149N21O28. The van der Waals surface area contributed by atoms with Gasteiger partial charge in [-0.25, -0.2) is 0 Å². The summed E-state index contributed by atoms with van der Waals surface area (Å²) in [6.07, 6.45) is 10.1. The van der Waals surface area contributed by atoms with Crippen molar-refractivity contribution >= 4 is 135 Å². The molecule has 0 radical (unpaired) electrons. The highest BCUT2D eigenvalue weighted by Gasteiger charge is 2.44. The summed E-state index contributed by atoms with van der Waals surface area (Å²) in [7, 11) is 0. The van der Waals surface area contributed by atoms with Crippen LogP contribution in [0.15, 0.2) is 60.8 Å². The smallest absolute Gasteiger partial charge is 0.317 e. The van der Waals surface area contributed by atoms with Crippen molar-refractivity contribution in [3.8, 4) is 0 Å². The number of fused-ring (bicyclic) bond motifs is 2. The molecule has 0 saturated carbocycles. The van der Waals surface area contributed by atoms with Crippen molar-refractivity contribution < 1.29 is 136 Å². The van der Waals surface area contributed by atoms with Gasteiger partial charge < -0.3 is 141 Å². The van der Waals surface area contributed by atoms with Crippen LogP contribution in [0.3, 0.4) is 0 Å². The number of guanidine groups is 1. The Morgan fingerprint density at radius 1 is 0.517 bits per heavy atom. The van der Waals surface area contributed by atoms with Crippen LogP contribution in [0, 0.1) is 5.41 Å². The van der Waals surface area contributed by atoms with Crippen LogP contribution in [0.2, 0.25) is 0 Å². The lowest BCUT2D eigenvalue weighted by atomic mass is 10.0. The monoisotopic (exact) mass is 2040 g/mol. The number of ether oxygens (including phenoxy) is 2. The third kappa shape index (κ3) is 49.6. The molecule has 0 bridgehead atoms. The number of carbonyl (C=O) groups is 20. The molecule has 0 spiro atoms. The zero-order valence-electron chi connectivity index (χ0n) is 82.6. The van der Waals surface area contributed by atoms with Crippen LogP contribution in [0.25, 0.3) is 10.9 Å². The molecule has 49 heteroatoms. The molecule has 5 rings (SSSR count). The van der Waals surface area contributed by atoms with Crippen LogP contribution in [0.4, 0.5) is 0 Å². The van der Waals surface area contributed by atoms with Gasteiger partial charge in [0.1, 0.15) is 67.0 Å². The molecule has 12 atom stereocenters. The van der Waals surface area contributed by atoms with Crippen LogP contribution in [-0.4, -0.2) is 341 Å². The van der Waals surface area contributed by atoms with Crippen molar-refractivity contribution in [2.24, 2.45) is 11.5 Å². The van der Waals surface area contributed by atoms with Gasteiger partial charge in [0.2, 0.25) is 94.5 Å². The van der Waals surface area contributed by atoms with E-state index in [4.69, 9.17) is 31.5 Å². The molecule has 16 amide bonds. The summed E-state index contributed by atoms with van der Waals surface area (Å²) in [6.45, 7) is -3.37. The van der Waals surface area contributed by atoms with Crippen molar-refractivity contribution in [1.29, 1.82) is 5.41 Å². The van der Waals surface area contributed by atoms with E-state index in [1.54, 1.807) is 55.6 Å². The molecule has 2 aliphatic rings. The first kappa shape index (κ1) is 122. The molecule has 2 aromatic carbocycles. The van der Waals surface area contributed by atoms with Crippen LogP contribution < -0.4 is 91.2 Å². The average Bonchev–Trinajstić information content (AvgIpc) is 1.64. The summed E-state index contributed by atoms with van der Waals surface area (Å²) in [5.41, 5.74) is 12.8. The third-order valence-corrected chi connectivity index (χ3v) is 24.0. The van der Waals surface area contributed by atoms with Crippen molar-refractivity contribution in [2.75, 3.05) is 98.5 Å². The molecular weight excluding hydrogens is 1900 g/mol. The van der Waals surface area contributed by atoms with Gasteiger partial charge in [-0.15, -0.1) is 0 Å². The number of hydrogen-bond acceptors (Lipinski definition) is 27. The molecule has 2 saturated heterocycles. The fraction of sp³-hybridized carbons (Fsp3) is 0.635. The normalized spacial score (nSPS) is 18.2. The van der Waals surface area contributed by atoms with E-state index < -0.39 is 282 Å². The number of amides is 16. The number of benzene rings is 2. The van der Waals surface area contributed by atoms with Gasteiger partial charge in [-0.05, 0) is 108 Å². The highest BCUT2D eigenvalue weighted by Crippen LogP contribution is 2.25. The lowest BCUT2D eigenvalue weighted by molar-refractivity contribution is -0.143. The SMILES string of the molecule is CCCC[C@H](NC(=O)[C@H](CCCCNC(=O)CN(CC(=O)O)CC(=O)O)NC(=O)[C@H](CO)NC(=O)[C@H](CCC(N)=O)NC(=O)[C@H](CO)NC(=O)CNC(=O)COCCOCCNC(=O)CCCCCCCCCCCCCCC(=O)O)C(=O)N[C@H]1CCC(=O)NCCCC[C@@H](C(C)=O)NC(=O)[C@H](Cc2c[nH]c3ccccc23)NC(=O)[C@H](CCCNC(=N)N)NC(=O)[C@@H](Cc2ccccc2)NC(=O)[C@@H]2C[C@@H](O)CN2C1=O. The summed E-state index contributed by atoms with van der Waals surface area (Å²) >= 11 is 0. The Balaban J connectivity index is 1.33. The van der Waals surface area contributed by atoms with Gasteiger partial charge in [-0.2, -0.15) is 0 Å². The number of rotatable bonds is 64. The molecule has 3 aromatic rings. The summed E-state index contributed by atoms with van der Waals surface area (Å²) in [6, 6.07) is -2.61. The fourth-order valence-electron chi connectivity index (χ4n) is 16.2. The quantitative estimate of drug-likeness (QED) is 0.0150. The third-order valence-electron chi connectivity index (χ3n) is 24.0. The average molecular weight is 2050 g/mol. The van der Waals surface area contributed by atoms with Gasteiger partial charge in [0.25, 0.3) is 0 Å². The minimum Gasteiger partial charge on any atom is -0.481 e. The van der Waals surface area contributed by atoms with E-state index in [9.17, 15) is 97.5 Å². The van der Waals surface area contributed by atoms with E-state index in [1.165, 1.54) is 6.92 Å². The number of aliphatic hydroxyl groups is 3. The zero-order valence-corrected chi connectivity index (χ0v) is 82.6. The van der Waals surface area contributed by atoms with Gasteiger partial charge in [0, 0.05) is 94.8 Å². The Morgan fingerprint density at radius 3 is 1.68 bits per heavy atom. The number of nitrogens with one attached hydrogen (secondary N) is 17. The number of hydrogen-bond donors (Lipinski definition) is 25. The minimum atomic E-state index is -2.04. The maximum absolute atomic E-state index is 15.5. The molecule has 27 N–H and O–H groups in total. The summed E-state index contributed by atoms with van der Waals surface area (Å²) in [4.78, 5) is 277. The summed E-state index contributed by atoms with van der Waals surface area (Å²) < 4.78 is 10.8. The van der Waals surface area contributed by atoms with E-state index in [-0.39, 0.29) is 129 Å². The fourth-order valence-corrected chi connectivity index (χ4v) is 16.2. The maximum atomic E-state index is 15.5. The van der Waals surface area contributed by atoms with Crippen molar-refractivity contribution in [3.05, 3.63) is 71.9 Å². The van der Waals surface area contributed by atoms with Crippen LogP contribution in [0.1, 0.15) is 218 Å². The number of unbranched alkanes of at least 4 members (excludes halogenated alkanes) is 13. The number of nitrogens with two attached hydrogens (primary N) is 2. The van der Waals surface area contributed by atoms with E-state index in [1.807, 2.05) is 12.1 Å². The molecule has 3 heterocycles. The number of primary amides is 1. The molecule has 49 nitrogen and oxygen atoms in total. The molecule has 2 aliphatic heterocycles. The van der Waals surface area contributed by atoms with Gasteiger partial charge in [-0.3, -0.25) is 106 Å². The predicted octanol–water partition coefficient (Wildman–Crippen LogP) is -3.29. The van der Waals surface area contributed by atoms with Crippen molar-refractivity contribution in [3.63, 3.8) is 0 Å². The minimum absolute atomic E-state index is 0.0275. The van der Waals surface area contributed by atoms with E-state index in [0.717, 1.165) is 92.2 Å². The number of para-hydroxylation sites is 1. The standard InChI is InChI=1S/C96H149N21O28/c1-3-4-30-67(87(135)112-71-38-40-79(124)100-41-24-22-31-65(60(2)120)107-91(139)73(49-62-51-104-66-32-21-20-29-64(62)66)113-88(136)69(34-26-43-103-96(98)99)109-90(138)72(48-61-27-16-15-17-28-61)114-94(142)76-50-63(121)53-117(76)95(71)143)108-86(134)68(33-23-25-42-101-81(126)54-116(55-84(130)131)56-85(132)133)110-93(141)75(58-119)115-89(137)70(37-39-77(97)122)111-92(140)74(57-118)106-80(125)52-105-82(127)59-145-47-46-144-45-44-102-78(123)35-18-13-11-9-7-5-6-8-10-12-14-19-36-83(128)129/h15-17,20-21,27-29,32,51,63,65,67-76,104,118-119,121H,3-14,18-19,22-26,30-31,33-50,52-59H2,1-2H3,(H2,97,122)(H,100,124)(H,101,126)(H,102,123)(H,105,127)(H,106,125)(H,107,139)(H,108,134)(H,109,138)(H,110,141)(H,111,140)(H,112,135)(H,113,136)(H,114,142)(H,115,137)(H,128,129)(H,130,131)(H,132,133)(H4,98,99,103)/t63-,65+,67+,68+,69+,70+,71+,72-,73+,74+,75+,76+/m1/s1. The topological polar surface area (TPSA) is 760 Å². The second-order valence-corrected chi connectivity index (χ2v) is 36.0. The number of carboxylic acids is 3. The number of carbonyl (C=O) groups excluding carboxylic acids is 17. The van der Waals surface area contributed by atoms with Gasteiger partial charge in [0.15, 0.2) is 11.7 Å². The number of aromatic nitrogens is 1. The lowest BCUT2D eigenvalue weighted by Crippen LogP contribution is -2.61. The molecule has 2 fully saturated rings. The first-order valence-electron chi connectivity index (χ1n) is 49.7. The largest absolute Gasteiger partial charge is 0.481 e. The van der Waals surface area contributed by atoms with Gasteiger partial charge in [0.05, 0.1) is 71.4 Å². The molecule has 806 valence electrons. The second kappa shape index (κ2) is 68.8. The lowest BCUT2D eigenvalue weighted by Gasteiger charge is -2.31. The first-order valence-corrected chi connectivity index (χ1v) is 49.7. The molecule has 1 aromatic heterocycles. The maximum Gasteiger partial charge on any atom is 0.317 e. The van der Waals surface area contributed by atoms with E-state index in [2.05, 4.69) is 84.7 Å². The number of carboxylic acid groups (broad SMARTS) is 3. The molecule has 145 heavy (non-hydrogen) atoms. The summed E-state index contributed by atoms with van der Waals surface area (Å²) in [5, 5.41) is 107. The Bertz CT molecular complexity index is 4700. The van der Waals surface area contributed by atoms with E-state index >= 15 is 24.0 Å². The Morgan fingerprint density at radius 2 is 1.06 bits per heavy atom. The Labute approximate surface area is 841 Å². The number of ketones is 1. The number of aliphatic hydroxyl groups excluding tert-OH is 3. The van der Waals surface area contributed by atoms with E-state index in [0.29, 0.717) is 29.5 Å². The van der Waals surface area contributed by atoms with Crippen molar-refractivity contribution in [1.82, 2.24) is 94.5 Å². The Hall–Kier alpha value is -13.4. The van der Waals surface area contributed by atoms with Crippen LogP contribution in [0.5, 0.6) is 0 Å². The number of aromatic amines is 1. The number of H-pyrrole nitrogens is 1. The number of Topliss-reactive ketones (excluding diaryl/α,β-unsaturated/α-hetero) is 1. The van der Waals surface area contributed by atoms with Crippen molar-refractivity contribution in [2.45, 2.75) is 292 Å². The molecule has 0 aliphatic carbocycles. The predicted molar refractivity (Wildman–Crippen MR) is 524 cm³/mol. The molecule has 0 unspecified atom stereocenters.